The molecule has 1 aromatic carbocycles. The number of halogens is 3. The minimum Gasteiger partial charge on any atom is -0.207 e. The maximum Gasteiger partial charge on any atom is 0.127 e. The van der Waals surface area contributed by atoms with Gasteiger partial charge in [0.2, 0.25) is 0 Å². The van der Waals surface area contributed by atoms with E-state index < -0.39 is 0 Å². The van der Waals surface area contributed by atoms with Crippen LogP contribution >= 0.6 is 23.2 Å². The van der Waals surface area contributed by atoms with Crippen LogP contribution in [0.5, 0.6) is 0 Å². The van der Waals surface area contributed by atoms with Gasteiger partial charge in [0.25, 0.3) is 0 Å². The zero-order valence-corrected chi connectivity index (χ0v) is 9.08. The zero-order chi connectivity index (χ0) is 10.0. The number of rotatable bonds is 2. The number of benzene rings is 1. The van der Waals surface area contributed by atoms with Crippen LogP contribution in [0.4, 0.5) is 4.39 Å². The second-order valence-electron chi connectivity index (χ2n) is 3.42. The van der Waals surface area contributed by atoms with Crippen LogP contribution in [0.3, 0.4) is 0 Å². The Labute approximate surface area is 87.7 Å². The summed E-state index contributed by atoms with van der Waals surface area (Å²) >= 11 is 11.6. The lowest BCUT2D eigenvalue weighted by Crippen LogP contribution is -1.98. The van der Waals surface area contributed by atoms with Crippen LogP contribution in [-0.4, -0.2) is 0 Å². The highest BCUT2D eigenvalue weighted by atomic mass is 35.5. The normalized spacial score (nSPS) is 10.9. The minimum atomic E-state index is -0.275. The fourth-order valence-corrected chi connectivity index (χ4v) is 1.57. The maximum absolute atomic E-state index is 13.2. The molecule has 0 nitrogen and oxygen atoms in total. The molecule has 0 aliphatic carbocycles. The Morgan fingerprint density at radius 2 is 1.92 bits per heavy atom. The van der Waals surface area contributed by atoms with Crippen LogP contribution in [0.15, 0.2) is 12.1 Å². The second-order valence-corrected chi connectivity index (χ2v) is 4.20. The van der Waals surface area contributed by atoms with Crippen molar-refractivity contribution in [2.75, 3.05) is 0 Å². The van der Waals surface area contributed by atoms with Gasteiger partial charge >= 0.3 is 0 Å². The summed E-state index contributed by atoms with van der Waals surface area (Å²) in [6, 6.07) is 2.83. The van der Waals surface area contributed by atoms with Gasteiger partial charge in [-0.15, -0.1) is 0 Å². The molecule has 0 saturated carbocycles. The van der Waals surface area contributed by atoms with E-state index in [9.17, 15) is 4.39 Å². The molecule has 13 heavy (non-hydrogen) atoms. The number of hydrogen-bond donors (Lipinski definition) is 0. The van der Waals surface area contributed by atoms with Crippen molar-refractivity contribution in [2.45, 2.75) is 20.3 Å². The van der Waals surface area contributed by atoms with E-state index in [1.165, 1.54) is 12.1 Å². The third-order valence-electron chi connectivity index (χ3n) is 1.75. The molecule has 0 fully saturated rings. The molecular formula is C10H11Cl2F. The van der Waals surface area contributed by atoms with Gasteiger partial charge in [0, 0.05) is 5.56 Å². The summed E-state index contributed by atoms with van der Waals surface area (Å²) in [4.78, 5) is 0. The van der Waals surface area contributed by atoms with Gasteiger partial charge in [-0.3, -0.25) is 0 Å². The topological polar surface area (TPSA) is 0 Å². The molecule has 1 aromatic rings. The maximum atomic E-state index is 13.2. The van der Waals surface area contributed by atoms with Gasteiger partial charge in [0.15, 0.2) is 0 Å². The fraction of sp³-hybridized carbons (Fsp3) is 0.400. The Bertz CT molecular complexity index is 308. The highest BCUT2D eigenvalue weighted by Gasteiger charge is 2.11. The largest absolute Gasteiger partial charge is 0.207 e. The van der Waals surface area contributed by atoms with Crippen molar-refractivity contribution < 1.29 is 4.39 Å². The van der Waals surface area contributed by atoms with Gasteiger partial charge in [-0.1, -0.05) is 37.0 Å². The van der Waals surface area contributed by atoms with E-state index in [0.717, 1.165) is 0 Å². The Hall–Kier alpha value is -0.270. The smallest absolute Gasteiger partial charge is 0.127 e. The van der Waals surface area contributed by atoms with Crippen molar-refractivity contribution in [1.29, 1.82) is 0 Å². The SMILES string of the molecule is CC(C)Cc1c(F)ccc(Cl)c1Cl. The highest BCUT2D eigenvalue weighted by Crippen LogP contribution is 2.29. The molecule has 0 aliphatic rings. The molecule has 0 saturated heterocycles. The Morgan fingerprint density at radius 1 is 1.31 bits per heavy atom. The molecule has 0 aliphatic heterocycles. The van der Waals surface area contributed by atoms with Crippen molar-refractivity contribution in [1.82, 2.24) is 0 Å². The Morgan fingerprint density at radius 3 is 2.46 bits per heavy atom. The van der Waals surface area contributed by atoms with E-state index in [-0.39, 0.29) is 5.82 Å². The third kappa shape index (κ3) is 2.58. The molecule has 1 rings (SSSR count). The van der Waals surface area contributed by atoms with E-state index in [2.05, 4.69) is 0 Å². The number of hydrogen-bond acceptors (Lipinski definition) is 0. The van der Waals surface area contributed by atoms with Gasteiger partial charge in [0.1, 0.15) is 5.82 Å². The minimum absolute atomic E-state index is 0.275. The highest BCUT2D eigenvalue weighted by molar-refractivity contribution is 6.42. The summed E-state index contributed by atoms with van der Waals surface area (Å²) in [5.74, 6) is 0.0913. The summed E-state index contributed by atoms with van der Waals surface area (Å²) in [6.45, 7) is 4.02. The molecule has 0 amide bonds. The summed E-state index contributed by atoms with van der Waals surface area (Å²) < 4.78 is 13.2. The van der Waals surface area contributed by atoms with Crippen molar-refractivity contribution in [2.24, 2.45) is 5.92 Å². The van der Waals surface area contributed by atoms with Gasteiger partial charge < -0.3 is 0 Å². The van der Waals surface area contributed by atoms with Crippen LogP contribution in [0.2, 0.25) is 10.0 Å². The van der Waals surface area contributed by atoms with Crippen molar-refractivity contribution in [3.63, 3.8) is 0 Å². The van der Waals surface area contributed by atoms with Gasteiger partial charge in [-0.25, -0.2) is 4.39 Å². The first-order valence-electron chi connectivity index (χ1n) is 4.14. The second kappa shape index (κ2) is 4.30. The molecule has 3 heteroatoms. The summed E-state index contributed by atoms with van der Waals surface area (Å²) in [5, 5.41) is 0.758. The van der Waals surface area contributed by atoms with Crippen LogP contribution < -0.4 is 0 Å². The monoisotopic (exact) mass is 220 g/mol. The van der Waals surface area contributed by atoms with Crippen LogP contribution in [-0.2, 0) is 6.42 Å². The molecule has 72 valence electrons. The summed E-state index contributed by atoms with van der Waals surface area (Å²) in [5.41, 5.74) is 0.518. The van der Waals surface area contributed by atoms with E-state index in [1.807, 2.05) is 13.8 Å². The van der Waals surface area contributed by atoms with Gasteiger partial charge in [0.05, 0.1) is 10.0 Å². The van der Waals surface area contributed by atoms with Crippen molar-refractivity contribution in [3.8, 4) is 0 Å². The summed E-state index contributed by atoms with van der Waals surface area (Å²) in [6.07, 6.45) is 0.616. The van der Waals surface area contributed by atoms with E-state index >= 15 is 0 Å². The molecular weight excluding hydrogens is 210 g/mol. The quantitative estimate of drug-likeness (QED) is 0.652. The first-order chi connectivity index (χ1) is 6.02. The lowest BCUT2D eigenvalue weighted by Gasteiger charge is -2.09. The van der Waals surface area contributed by atoms with Crippen LogP contribution in [0.1, 0.15) is 19.4 Å². The van der Waals surface area contributed by atoms with Gasteiger partial charge in [-0.2, -0.15) is 0 Å². The lowest BCUT2D eigenvalue weighted by molar-refractivity contribution is 0.574. The van der Waals surface area contributed by atoms with Crippen molar-refractivity contribution >= 4 is 23.2 Å². The third-order valence-corrected chi connectivity index (χ3v) is 2.59. The van der Waals surface area contributed by atoms with E-state index in [4.69, 9.17) is 23.2 Å². The molecule has 0 spiro atoms. The Balaban J connectivity index is 3.10. The predicted octanol–water partition coefficient (Wildman–Crippen LogP) is 4.33. The van der Waals surface area contributed by atoms with Crippen LogP contribution in [0.25, 0.3) is 0 Å². The van der Waals surface area contributed by atoms with Gasteiger partial charge in [-0.05, 0) is 24.5 Å². The van der Waals surface area contributed by atoms with Crippen LogP contribution in [0, 0.1) is 11.7 Å². The molecule has 0 unspecified atom stereocenters. The molecule has 0 N–H and O–H groups in total. The zero-order valence-electron chi connectivity index (χ0n) is 7.57. The average Bonchev–Trinajstić information content (AvgIpc) is 2.05. The summed E-state index contributed by atoms with van der Waals surface area (Å²) in [7, 11) is 0. The first kappa shape index (κ1) is 10.8. The average molecular weight is 221 g/mol. The molecule has 0 aromatic heterocycles. The predicted molar refractivity (Wildman–Crippen MR) is 55.0 cm³/mol. The molecule has 0 bridgehead atoms. The van der Waals surface area contributed by atoms with E-state index in [0.29, 0.717) is 27.9 Å². The molecule has 0 radical (unpaired) electrons. The Kier molecular flexibility index (Phi) is 3.57. The molecule has 0 atom stereocenters. The standard InChI is InChI=1S/C10H11Cl2F/c1-6(2)5-7-9(13)4-3-8(11)10(7)12/h3-4,6H,5H2,1-2H3. The molecule has 0 heterocycles. The fourth-order valence-electron chi connectivity index (χ4n) is 1.16. The van der Waals surface area contributed by atoms with E-state index in [1.54, 1.807) is 0 Å². The first-order valence-corrected chi connectivity index (χ1v) is 4.90. The van der Waals surface area contributed by atoms with Crippen molar-refractivity contribution in [3.05, 3.63) is 33.6 Å². The lowest BCUT2D eigenvalue weighted by atomic mass is 10.0.